The zero-order chi connectivity index (χ0) is 19.5. The van der Waals surface area contributed by atoms with Gasteiger partial charge in [0.25, 0.3) is 5.91 Å². The van der Waals surface area contributed by atoms with Crippen LogP contribution in [0.25, 0.3) is 0 Å². The van der Waals surface area contributed by atoms with Crippen LogP contribution in [0.3, 0.4) is 0 Å². The Balaban J connectivity index is 2.07. The summed E-state index contributed by atoms with van der Waals surface area (Å²) in [4.78, 5) is 23.3. The van der Waals surface area contributed by atoms with Gasteiger partial charge >= 0.3 is 11.5 Å². The average molecular weight is 411 g/mol. The molecule has 2 rings (SSSR count). The first-order chi connectivity index (χ1) is 12.1. The summed E-state index contributed by atoms with van der Waals surface area (Å²) < 4.78 is 63.8. The summed E-state index contributed by atoms with van der Waals surface area (Å²) >= 11 is 5.38. The molecule has 138 valence electrons. The molecule has 0 atom stereocenters. The van der Waals surface area contributed by atoms with E-state index >= 15 is 0 Å². The van der Waals surface area contributed by atoms with E-state index in [2.05, 4.69) is 5.32 Å². The number of halogens is 6. The molecule has 0 fully saturated rings. The first-order valence-corrected chi connectivity index (χ1v) is 7.88. The van der Waals surface area contributed by atoms with E-state index in [1.54, 1.807) is 5.32 Å². The number of urea groups is 1. The number of alkyl halides is 3. The number of thioether (sulfide) groups is 1. The second kappa shape index (κ2) is 7.92. The van der Waals surface area contributed by atoms with Crippen molar-refractivity contribution in [1.82, 2.24) is 5.32 Å². The molecule has 0 spiro atoms. The van der Waals surface area contributed by atoms with Crippen LogP contribution in [-0.4, -0.2) is 17.4 Å². The van der Waals surface area contributed by atoms with Gasteiger partial charge in [0.05, 0.1) is 10.7 Å². The third-order valence-corrected chi connectivity index (χ3v) is 3.87. The highest BCUT2D eigenvalue weighted by atomic mass is 35.5. The fraction of sp³-hybridized carbons (Fsp3) is 0.0667. The lowest BCUT2D eigenvalue weighted by molar-refractivity contribution is -0.0328. The van der Waals surface area contributed by atoms with Crippen molar-refractivity contribution in [2.75, 3.05) is 5.32 Å². The van der Waals surface area contributed by atoms with E-state index in [1.807, 2.05) is 0 Å². The fourth-order valence-corrected chi connectivity index (χ4v) is 2.70. The Morgan fingerprint density at radius 2 is 1.65 bits per heavy atom. The number of benzene rings is 2. The summed E-state index contributed by atoms with van der Waals surface area (Å²) in [7, 11) is 0. The summed E-state index contributed by atoms with van der Waals surface area (Å²) in [6.45, 7) is 0. The maximum absolute atomic E-state index is 13.5. The van der Waals surface area contributed by atoms with Crippen molar-refractivity contribution >= 4 is 41.0 Å². The van der Waals surface area contributed by atoms with Crippen LogP contribution in [0, 0.1) is 11.6 Å². The SMILES string of the molecule is O=C(NC(=O)c1c(F)cccc1F)Nc1ccc(SC(F)(F)F)cc1Cl. The number of anilines is 1. The zero-order valence-corrected chi connectivity index (χ0v) is 14.0. The van der Waals surface area contributed by atoms with Crippen LogP contribution < -0.4 is 10.6 Å². The number of carbonyl (C=O) groups is 2. The molecule has 3 amide bonds. The van der Waals surface area contributed by atoms with Crippen LogP contribution in [0.4, 0.5) is 32.4 Å². The van der Waals surface area contributed by atoms with Gasteiger partial charge in [-0.25, -0.2) is 13.6 Å². The first kappa shape index (κ1) is 20.0. The molecule has 11 heteroatoms. The Morgan fingerprint density at radius 3 is 2.19 bits per heavy atom. The van der Waals surface area contributed by atoms with Crippen LogP contribution in [-0.2, 0) is 0 Å². The Labute approximate surface area is 152 Å². The lowest BCUT2D eigenvalue weighted by Crippen LogP contribution is -2.35. The molecule has 2 aromatic carbocycles. The van der Waals surface area contributed by atoms with Crippen LogP contribution >= 0.6 is 23.4 Å². The molecule has 26 heavy (non-hydrogen) atoms. The second-order valence-electron chi connectivity index (χ2n) is 4.69. The van der Waals surface area contributed by atoms with Crippen LogP contribution in [0.1, 0.15) is 10.4 Å². The lowest BCUT2D eigenvalue weighted by atomic mass is 10.2. The minimum Gasteiger partial charge on any atom is -0.306 e. The molecular weight excluding hydrogens is 403 g/mol. The van der Waals surface area contributed by atoms with Gasteiger partial charge in [0.2, 0.25) is 0 Å². The zero-order valence-electron chi connectivity index (χ0n) is 12.5. The molecule has 0 saturated carbocycles. The molecule has 0 aliphatic rings. The Hall–Kier alpha value is -2.33. The minimum atomic E-state index is -4.51. The van der Waals surface area contributed by atoms with Gasteiger partial charge in [-0.15, -0.1) is 0 Å². The van der Waals surface area contributed by atoms with Gasteiger partial charge in [-0.1, -0.05) is 17.7 Å². The normalized spacial score (nSPS) is 11.2. The van der Waals surface area contributed by atoms with Gasteiger partial charge in [0, 0.05) is 4.90 Å². The molecule has 0 unspecified atom stereocenters. The van der Waals surface area contributed by atoms with Crippen molar-refractivity contribution < 1.29 is 31.5 Å². The predicted octanol–water partition coefficient (Wildman–Crippen LogP) is 5.19. The molecule has 0 saturated heterocycles. The monoisotopic (exact) mass is 410 g/mol. The first-order valence-electron chi connectivity index (χ1n) is 6.68. The number of rotatable bonds is 3. The van der Waals surface area contributed by atoms with Crippen LogP contribution in [0.15, 0.2) is 41.3 Å². The molecule has 0 aliphatic carbocycles. The standard InChI is InChI=1S/C15H8ClF5N2O2S/c16-8-6-7(26-15(19,20)21)4-5-11(8)22-14(25)23-13(24)12-9(17)2-1-3-10(12)18/h1-6H,(H2,22,23,24,25). The van der Waals surface area contributed by atoms with Crippen molar-refractivity contribution in [1.29, 1.82) is 0 Å². The van der Waals surface area contributed by atoms with Gasteiger partial charge in [-0.05, 0) is 42.1 Å². The molecule has 2 aromatic rings. The number of nitrogens with one attached hydrogen (secondary N) is 2. The third kappa shape index (κ3) is 5.33. The number of amides is 3. The predicted molar refractivity (Wildman–Crippen MR) is 86.2 cm³/mol. The van der Waals surface area contributed by atoms with Crippen LogP contribution in [0.2, 0.25) is 5.02 Å². The van der Waals surface area contributed by atoms with Crippen molar-refractivity contribution in [3.05, 3.63) is 58.6 Å². The number of hydrogen-bond donors (Lipinski definition) is 2. The number of hydrogen-bond acceptors (Lipinski definition) is 3. The van der Waals surface area contributed by atoms with E-state index < -0.39 is 46.4 Å². The van der Waals surface area contributed by atoms with Gasteiger partial charge < -0.3 is 5.32 Å². The maximum Gasteiger partial charge on any atom is 0.446 e. The van der Waals surface area contributed by atoms with E-state index in [4.69, 9.17) is 11.6 Å². The van der Waals surface area contributed by atoms with Crippen molar-refractivity contribution in [2.45, 2.75) is 10.4 Å². The molecular formula is C15H8ClF5N2O2S. The summed E-state index contributed by atoms with van der Waals surface area (Å²) in [6.07, 6.45) is 0. The topological polar surface area (TPSA) is 58.2 Å². The second-order valence-corrected chi connectivity index (χ2v) is 6.24. The highest BCUT2D eigenvalue weighted by Gasteiger charge is 2.29. The molecule has 4 nitrogen and oxygen atoms in total. The van der Waals surface area contributed by atoms with Gasteiger partial charge in [-0.2, -0.15) is 13.2 Å². The number of imide groups is 1. The average Bonchev–Trinajstić information content (AvgIpc) is 2.48. The maximum atomic E-state index is 13.5. The van der Waals surface area contributed by atoms with E-state index in [9.17, 15) is 31.5 Å². The van der Waals surface area contributed by atoms with E-state index in [1.165, 1.54) is 0 Å². The highest BCUT2D eigenvalue weighted by Crippen LogP contribution is 2.39. The van der Waals surface area contributed by atoms with Crippen molar-refractivity contribution in [2.24, 2.45) is 0 Å². The third-order valence-electron chi connectivity index (χ3n) is 2.84. The largest absolute Gasteiger partial charge is 0.446 e. The smallest absolute Gasteiger partial charge is 0.306 e. The summed E-state index contributed by atoms with van der Waals surface area (Å²) in [6, 6.07) is 4.65. The van der Waals surface area contributed by atoms with Gasteiger partial charge in [-0.3, -0.25) is 10.1 Å². The summed E-state index contributed by atoms with van der Waals surface area (Å²) in [5.74, 6) is -3.66. The quantitative estimate of drug-likeness (QED) is 0.540. The fourth-order valence-electron chi connectivity index (χ4n) is 1.83. The van der Waals surface area contributed by atoms with Gasteiger partial charge in [0.1, 0.15) is 17.2 Å². The number of carbonyl (C=O) groups excluding carboxylic acids is 2. The summed E-state index contributed by atoms with van der Waals surface area (Å²) in [5.41, 5.74) is -5.56. The van der Waals surface area contributed by atoms with Gasteiger partial charge in [0.15, 0.2) is 0 Å². The summed E-state index contributed by atoms with van der Waals surface area (Å²) in [5, 5.41) is 3.57. The molecule has 0 heterocycles. The Kier molecular flexibility index (Phi) is 6.09. The molecule has 0 radical (unpaired) electrons. The Bertz CT molecular complexity index is 840. The van der Waals surface area contributed by atoms with Crippen LogP contribution in [0.5, 0.6) is 0 Å². The van der Waals surface area contributed by atoms with E-state index in [0.29, 0.717) is 0 Å². The molecule has 0 aromatic heterocycles. The molecule has 2 N–H and O–H groups in total. The highest BCUT2D eigenvalue weighted by molar-refractivity contribution is 8.00. The molecule has 0 bridgehead atoms. The Morgan fingerprint density at radius 1 is 1.04 bits per heavy atom. The minimum absolute atomic E-state index is 0.0995. The van der Waals surface area contributed by atoms with E-state index in [0.717, 1.165) is 36.4 Å². The van der Waals surface area contributed by atoms with E-state index in [-0.39, 0.29) is 15.6 Å². The van der Waals surface area contributed by atoms with Crippen molar-refractivity contribution in [3.63, 3.8) is 0 Å². The lowest BCUT2D eigenvalue weighted by Gasteiger charge is -2.11. The molecule has 0 aliphatic heterocycles. The van der Waals surface area contributed by atoms with Crippen molar-refractivity contribution in [3.8, 4) is 0 Å².